The minimum Gasteiger partial charge on any atom is -0.488 e. The van der Waals surface area contributed by atoms with E-state index in [1.165, 1.54) is 18.2 Å². The summed E-state index contributed by atoms with van der Waals surface area (Å²) in [5, 5.41) is 0. The van der Waals surface area contributed by atoms with Crippen LogP contribution in [-0.4, -0.2) is 11.4 Å². The van der Waals surface area contributed by atoms with Gasteiger partial charge in [-0.1, -0.05) is 6.07 Å². The van der Waals surface area contributed by atoms with E-state index in [9.17, 15) is 13.6 Å². The van der Waals surface area contributed by atoms with Crippen LogP contribution >= 0.6 is 0 Å². The van der Waals surface area contributed by atoms with Crippen molar-refractivity contribution in [1.29, 1.82) is 0 Å². The van der Waals surface area contributed by atoms with Crippen molar-refractivity contribution >= 4 is 5.78 Å². The normalized spacial score (nSPS) is 11.3. The number of halogens is 2. The fourth-order valence-electron chi connectivity index (χ4n) is 1.89. The topological polar surface area (TPSA) is 26.3 Å². The third-order valence-corrected chi connectivity index (χ3v) is 2.73. The lowest BCUT2D eigenvalue weighted by molar-refractivity contribution is 0.103. The number of ether oxygens (including phenoxy) is 1. The molecule has 0 heterocycles. The quantitative estimate of drug-likeness (QED) is 0.784. The van der Waals surface area contributed by atoms with Crippen molar-refractivity contribution in [1.82, 2.24) is 0 Å². The second-order valence-electron chi connectivity index (χ2n) is 5.66. The van der Waals surface area contributed by atoms with E-state index in [-0.39, 0.29) is 11.2 Å². The molecule has 110 valence electrons. The summed E-state index contributed by atoms with van der Waals surface area (Å²) >= 11 is 0. The van der Waals surface area contributed by atoms with Crippen molar-refractivity contribution in [3.05, 3.63) is 65.2 Å². The van der Waals surface area contributed by atoms with Gasteiger partial charge in [0.05, 0.1) is 5.56 Å². The molecule has 0 saturated heterocycles. The molecule has 2 aromatic carbocycles. The number of hydrogen-bond acceptors (Lipinski definition) is 2. The van der Waals surface area contributed by atoms with Crippen LogP contribution in [0.25, 0.3) is 0 Å². The summed E-state index contributed by atoms with van der Waals surface area (Å²) in [5.41, 5.74) is -0.689. The minimum atomic E-state index is -0.866. The molecule has 0 unspecified atom stereocenters. The van der Waals surface area contributed by atoms with Crippen LogP contribution in [0, 0.1) is 11.6 Å². The molecular weight excluding hydrogens is 274 g/mol. The summed E-state index contributed by atoms with van der Waals surface area (Å²) in [5.74, 6) is -1.83. The van der Waals surface area contributed by atoms with Gasteiger partial charge in [-0.15, -0.1) is 0 Å². The predicted molar refractivity (Wildman–Crippen MR) is 76.6 cm³/mol. The Balaban J connectivity index is 2.29. The van der Waals surface area contributed by atoms with Crippen LogP contribution in [0.4, 0.5) is 8.78 Å². The van der Waals surface area contributed by atoms with Crippen LogP contribution in [0.5, 0.6) is 5.75 Å². The van der Waals surface area contributed by atoms with Gasteiger partial charge in [0.2, 0.25) is 0 Å². The van der Waals surface area contributed by atoms with Crippen molar-refractivity contribution < 1.29 is 18.3 Å². The second kappa shape index (κ2) is 5.64. The van der Waals surface area contributed by atoms with Crippen molar-refractivity contribution in [2.75, 3.05) is 0 Å². The van der Waals surface area contributed by atoms with Crippen molar-refractivity contribution in [2.24, 2.45) is 0 Å². The molecule has 0 aliphatic heterocycles. The molecule has 0 spiro atoms. The SMILES string of the molecule is CC(C)(C)Oc1ccc(C(=O)c2c(F)cccc2F)cc1. The van der Waals surface area contributed by atoms with Gasteiger partial charge in [0, 0.05) is 5.56 Å². The van der Waals surface area contributed by atoms with Crippen LogP contribution in [0.15, 0.2) is 42.5 Å². The maximum Gasteiger partial charge on any atom is 0.198 e. The third kappa shape index (κ3) is 3.66. The lowest BCUT2D eigenvalue weighted by Gasteiger charge is -2.21. The first-order chi connectivity index (χ1) is 9.78. The van der Waals surface area contributed by atoms with E-state index in [0.29, 0.717) is 5.75 Å². The lowest BCUT2D eigenvalue weighted by atomic mass is 10.0. The molecule has 0 saturated carbocycles. The Labute approximate surface area is 122 Å². The molecular formula is C17H16F2O2. The summed E-state index contributed by atoms with van der Waals surface area (Å²) in [6.07, 6.45) is 0. The maximum absolute atomic E-state index is 13.6. The van der Waals surface area contributed by atoms with E-state index in [1.807, 2.05) is 20.8 Å². The Morgan fingerprint density at radius 1 is 0.952 bits per heavy atom. The predicted octanol–water partition coefficient (Wildman–Crippen LogP) is 4.37. The highest BCUT2D eigenvalue weighted by Gasteiger charge is 2.19. The number of carbonyl (C=O) groups excluding carboxylic acids is 1. The maximum atomic E-state index is 13.6. The molecule has 0 aliphatic rings. The smallest absolute Gasteiger partial charge is 0.198 e. The number of benzene rings is 2. The van der Waals surface area contributed by atoms with E-state index in [1.54, 1.807) is 12.1 Å². The van der Waals surface area contributed by atoms with Gasteiger partial charge in [0.25, 0.3) is 0 Å². The Morgan fingerprint density at radius 3 is 1.95 bits per heavy atom. The van der Waals surface area contributed by atoms with Gasteiger partial charge in [-0.2, -0.15) is 0 Å². The highest BCUT2D eigenvalue weighted by Crippen LogP contribution is 2.21. The highest BCUT2D eigenvalue weighted by molar-refractivity contribution is 6.09. The van der Waals surface area contributed by atoms with Crippen LogP contribution in [0.2, 0.25) is 0 Å². The average Bonchev–Trinajstić information content (AvgIpc) is 2.37. The van der Waals surface area contributed by atoms with Gasteiger partial charge in [-0.3, -0.25) is 4.79 Å². The molecule has 0 N–H and O–H groups in total. The fourth-order valence-corrected chi connectivity index (χ4v) is 1.89. The molecule has 0 aliphatic carbocycles. The van der Waals surface area contributed by atoms with Gasteiger partial charge in [0.1, 0.15) is 23.0 Å². The third-order valence-electron chi connectivity index (χ3n) is 2.73. The lowest BCUT2D eigenvalue weighted by Crippen LogP contribution is -2.22. The van der Waals surface area contributed by atoms with Gasteiger partial charge in [0.15, 0.2) is 5.78 Å². The molecule has 0 bridgehead atoms. The Hall–Kier alpha value is -2.23. The molecule has 0 aromatic heterocycles. The summed E-state index contributed by atoms with van der Waals surface area (Å²) in [4.78, 5) is 12.2. The van der Waals surface area contributed by atoms with Crippen LogP contribution in [0.1, 0.15) is 36.7 Å². The first-order valence-electron chi connectivity index (χ1n) is 6.56. The molecule has 0 atom stereocenters. The van der Waals surface area contributed by atoms with Crippen molar-refractivity contribution in [2.45, 2.75) is 26.4 Å². The standard InChI is InChI=1S/C17H16F2O2/c1-17(2,3)21-12-9-7-11(8-10-12)16(20)15-13(18)5-4-6-14(15)19/h4-10H,1-3H3. The largest absolute Gasteiger partial charge is 0.488 e. The molecule has 4 heteroatoms. The second-order valence-corrected chi connectivity index (χ2v) is 5.66. The van der Waals surface area contributed by atoms with E-state index < -0.39 is 23.0 Å². The monoisotopic (exact) mass is 290 g/mol. The van der Waals surface area contributed by atoms with E-state index in [4.69, 9.17) is 4.74 Å². The first-order valence-corrected chi connectivity index (χ1v) is 6.56. The van der Waals surface area contributed by atoms with Gasteiger partial charge < -0.3 is 4.74 Å². The Bertz CT molecular complexity index is 635. The van der Waals surface area contributed by atoms with Gasteiger partial charge in [-0.05, 0) is 57.2 Å². The van der Waals surface area contributed by atoms with Crippen molar-refractivity contribution in [3.8, 4) is 5.75 Å². The molecule has 0 radical (unpaired) electrons. The Morgan fingerprint density at radius 2 is 1.48 bits per heavy atom. The van der Waals surface area contributed by atoms with E-state index in [2.05, 4.69) is 0 Å². The average molecular weight is 290 g/mol. The zero-order valence-electron chi connectivity index (χ0n) is 12.1. The van der Waals surface area contributed by atoms with E-state index >= 15 is 0 Å². The number of hydrogen-bond donors (Lipinski definition) is 0. The molecule has 21 heavy (non-hydrogen) atoms. The molecule has 0 amide bonds. The van der Waals surface area contributed by atoms with Crippen LogP contribution in [-0.2, 0) is 0 Å². The summed E-state index contributed by atoms with van der Waals surface area (Å²) in [6, 6.07) is 9.56. The number of ketones is 1. The van der Waals surface area contributed by atoms with E-state index in [0.717, 1.165) is 12.1 Å². The fraction of sp³-hybridized carbons (Fsp3) is 0.235. The molecule has 0 fully saturated rings. The van der Waals surface area contributed by atoms with Gasteiger partial charge in [-0.25, -0.2) is 8.78 Å². The van der Waals surface area contributed by atoms with Crippen LogP contribution in [0.3, 0.4) is 0 Å². The summed E-state index contributed by atoms with van der Waals surface area (Å²) in [6.45, 7) is 5.71. The zero-order chi connectivity index (χ0) is 15.6. The number of rotatable bonds is 3. The van der Waals surface area contributed by atoms with Crippen LogP contribution < -0.4 is 4.74 Å². The number of carbonyl (C=O) groups is 1. The first kappa shape index (κ1) is 15.2. The minimum absolute atomic E-state index is 0.209. The molecule has 2 aromatic rings. The highest BCUT2D eigenvalue weighted by atomic mass is 19.1. The summed E-state index contributed by atoms with van der Waals surface area (Å²) < 4.78 is 32.8. The summed E-state index contributed by atoms with van der Waals surface area (Å²) in [7, 11) is 0. The molecule has 2 rings (SSSR count). The Kier molecular flexibility index (Phi) is 4.07. The van der Waals surface area contributed by atoms with Crippen molar-refractivity contribution in [3.63, 3.8) is 0 Å². The van der Waals surface area contributed by atoms with Gasteiger partial charge >= 0.3 is 0 Å². The zero-order valence-corrected chi connectivity index (χ0v) is 12.1. The molecule has 2 nitrogen and oxygen atoms in total.